The maximum atomic E-state index is 12.6. The highest BCUT2D eigenvalue weighted by Gasteiger charge is 2.20. The van der Waals surface area contributed by atoms with E-state index >= 15 is 0 Å². The predicted octanol–water partition coefficient (Wildman–Crippen LogP) is 1.44. The second-order valence-corrected chi connectivity index (χ2v) is 5.24. The minimum Gasteiger partial charge on any atom is -0.384 e. The van der Waals surface area contributed by atoms with E-state index in [0.29, 0.717) is 12.1 Å². The number of nitrogens with zero attached hydrogens (tertiary/aromatic N) is 2. The molecular weight excluding hydrogens is 264 g/mol. The molecule has 1 amide bonds. The molecule has 0 aliphatic heterocycles. The number of hydrogen-bond acceptors (Lipinski definition) is 3. The molecule has 4 nitrogen and oxygen atoms in total. The summed E-state index contributed by atoms with van der Waals surface area (Å²) in [6.07, 6.45) is 0. The molecule has 1 rings (SSSR count). The average Bonchev–Trinajstić information content (AvgIpc) is 2.45. The molecule has 1 N–H and O–H groups in total. The zero-order valence-electron chi connectivity index (χ0n) is 13.3. The van der Waals surface area contributed by atoms with Crippen molar-refractivity contribution in [2.24, 2.45) is 0 Å². The summed E-state index contributed by atoms with van der Waals surface area (Å²) in [5, 5.41) is 8.74. The number of carbonyl (C=O) groups is 1. The molecule has 0 heterocycles. The van der Waals surface area contributed by atoms with Crippen LogP contribution in [0.4, 0.5) is 0 Å². The van der Waals surface area contributed by atoms with Gasteiger partial charge in [-0.05, 0) is 46.1 Å². The van der Waals surface area contributed by atoms with Gasteiger partial charge in [-0.15, -0.1) is 0 Å². The summed E-state index contributed by atoms with van der Waals surface area (Å²) in [5.41, 5.74) is 1.37. The minimum absolute atomic E-state index is 0.0134. The standard InChI is InChI=1S/C17H24N2O2/c1-5-19(14(2)13-18(3)4)17(21)16-10-6-8-15(12-16)9-7-11-20/h6,8,10,12,14,20H,5,11,13H2,1-4H3. The Balaban J connectivity index is 2.94. The molecule has 4 heteroatoms. The second kappa shape index (κ2) is 8.46. The van der Waals surface area contributed by atoms with Gasteiger partial charge in [0.05, 0.1) is 0 Å². The van der Waals surface area contributed by atoms with E-state index in [4.69, 9.17) is 5.11 Å². The molecule has 0 spiro atoms. The maximum Gasteiger partial charge on any atom is 0.254 e. The van der Waals surface area contributed by atoms with Crippen LogP contribution in [0.5, 0.6) is 0 Å². The van der Waals surface area contributed by atoms with Crippen LogP contribution in [0, 0.1) is 11.8 Å². The van der Waals surface area contributed by atoms with Gasteiger partial charge in [0, 0.05) is 30.3 Å². The Labute approximate surface area is 127 Å². The fourth-order valence-electron chi connectivity index (χ4n) is 2.32. The third-order valence-corrected chi connectivity index (χ3v) is 3.18. The average molecular weight is 288 g/mol. The third kappa shape index (κ3) is 5.22. The number of carbonyl (C=O) groups excluding carboxylic acids is 1. The Hall–Kier alpha value is -1.83. The Morgan fingerprint density at radius 2 is 2.10 bits per heavy atom. The summed E-state index contributed by atoms with van der Waals surface area (Å²) >= 11 is 0. The van der Waals surface area contributed by atoms with Gasteiger partial charge in [0.15, 0.2) is 0 Å². The minimum atomic E-state index is -0.181. The number of rotatable bonds is 5. The maximum absolute atomic E-state index is 12.6. The van der Waals surface area contributed by atoms with Gasteiger partial charge in [0.25, 0.3) is 5.91 Å². The van der Waals surface area contributed by atoms with Crippen molar-refractivity contribution >= 4 is 5.91 Å². The van der Waals surface area contributed by atoms with Crippen LogP contribution in [0.2, 0.25) is 0 Å². The Morgan fingerprint density at radius 1 is 1.38 bits per heavy atom. The van der Waals surface area contributed by atoms with Crippen LogP contribution in [0.1, 0.15) is 29.8 Å². The van der Waals surface area contributed by atoms with Crippen molar-refractivity contribution < 1.29 is 9.90 Å². The molecule has 1 unspecified atom stereocenters. The first-order valence-corrected chi connectivity index (χ1v) is 7.15. The van der Waals surface area contributed by atoms with Crippen molar-refractivity contribution in [3.8, 4) is 11.8 Å². The van der Waals surface area contributed by atoms with Crippen LogP contribution in [0.25, 0.3) is 0 Å². The third-order valence-electron chi connectivity index (χ3n) is 3.18. The topological polar surface area (TPSA) is 43.8 Å². The quantitative estimate of drug-likeness (QED) is 0.834. The number of likely N-dealkylation sites (N-methyl/N-ethyl adjacent to an activating group) is 2. The molecule has 1 aromatic carbocycles. The molecule has 0 fully saturated rings. The number of aliphatic hydroxyl groups is 1. The van der Waals surface area contributed by atoms with Gasteiger partial charge >= 0.3 is 0 Å². The van der Waals surface area contributed by atoms with Crippen molar-refractivity contribution in [3.63, 3.8) is 0 Å². The normalized spacial score (nSPS) is 11.7. The van der Waals surface area contributed by atoms with Crippen LogP contribution in [0.3, 0.4) is 0 Å². The molecule has 0 saturated heterocycles. The van der Waals surface area contributed by atoms with Gasteiger partial charge in [0.1, 0.15) is 6.61 Å². The van der Waals surface area contributed by atoms with Crippen molar-refractivity contribution in [1.29, 1.82) is 0 Å². The summed E-state index contributed by atoms with van der Waals surface area (Å²) in [4.78, 5) is 16.6. The van der Waals surface area contributed by atoms with E-state index in [2.05, 4.69) is 23.7 Å². The predicted molar refractivity (Wildman–Crippen MR) is 85.1 cm³/mol. The zero-order valence-corrected chi connectivity index (χ0v) is 13.3. The van der Waals surface area contributed by atoms with E-state index in [0.717, 1.165) is 12.1 Å². The molecule has 0 radical (unpaired) electrons. The first kappa shape index (κ1) is 17.2. The SMILES string of the molecule is CCN(C(=O)c1cccc(C#CCO)c1)C(C)CN(C)C. The van der Waals surface area contributed by atoms with E-state index in [-0.39, 0.29) is 18.6 Å². The van der Waals surface area contributed by atoms with Gasteiger partial charge in [-0.1, -0.05) is 17.9 Å². The van der Waals surface area contributed by atoms with E-state index in [1.807, 2.05) is 38.1 Å². The van der Waals surface area contributed by atoms with Crippen LogP contribution < -0.4 is 0 Å². The molecule has 0 saturated carbocycles. The second-order valence-electron chi connectivity index (χ2n) is 5.24. The fraction of sp³-hybridized carbons (Fsp3) is 0.471. The Bertz CT molecular complexity index is 529. The van der Waals surface area contributed by atoms with Gasteiger partial charge in [0.2, 0.25) is 0 Å². The molecule has 1 atom stereocenters. The molecule has 0 aromatic heterocycles. The number of benzene rings is 1. The highest BCUT2D eigenvalue weighted by Crippen LogP contribution is 2.11. The summed E-state index contributed by atoms with van der Waals surface area (Å²) in [7, 11) is 4.00. The van der Waals surface area contributed by atoms with E-state index < -0.39 is 0 Å². The molecule has 21 heavy (non-hydrogen) atoms. The van der Waals surface area contributed by atoms with Crippen LogP contribution >= 0.6 is 0 Å². The highest BCUT2D eigenvalue weighted by atomic mass is 16.2. The monoisotopic (exact) mass is 288 g/mol. The number of aliphatic hydroxyl groups excluding tert-OH is 1. The lowest BCUT2D eigenvalue weighted by Crippen LogP contribution is -2.43. The van der Waals surface area contributed by atoms with Crippen molar-refractivity contribution in [2.45, 2.75) is 19.9 Å². The molecule has 0 aliphatic carbocycles. The molecule has 0 bridgehead atoms. The number of hydrogen-bond donors (Lipinski definition) is 1. The first-order chi connectivity index (χ1) is 9.99. The van der Waals surface area contributed by atoms with E-state index in [1.54, 1.807) is 12.1 Å². The lowest BCUT2D eigenvalue weighted by Gasteiger charge is -2.30. The van der Waals surface area contributed by atoms with Gasteiger partial charge in [-0.3, -0.25) is 4.79 Å². The van der Waals surface area contributed by atoms with Crippen LogP contribution in [-0.2, 0) is 0 Å². The summed E-state index contributed by atoms with van der Waals surface area (Å²) in [6, 6.07) is 7.37. The largest absolute Gasteiger partial charge is 0.384 e. The van der Waals surface area contributed by atoms with Crippen molar-refractivity contribution in [1.82, 2.24) is 9.80 Å². The first-order valence-electron chi connectivity index (χ1n) is 7.15. The lowest BCUT2D eigenvalue weighted by molar-refractivity contribution is 0.0679. The van der Waals surface area contributed by atoms with Gasteiger partial charge in [-0.25, -0.2) is 0 Å². The Kier molecular flexibility index (Phi) is 6.93. The van der Waals surface area contributed by atoms with Crippen LogP contribution in [-0.4, -0.2) is 60.6 Å². The van der Waals surface area contributed by atoms with Crippen LogP contribution in [0.15, 0.2) is 24.3 Å². The van der Waals surface area contributed by atoms with E-state index in [1.165, 1.54) is 0 Å². The Morgan fingerprint density at radius 3 is 2.67 bits per heavy atom. The molecule has 114 valence electrons. The fourth-order valence-corrected chi connectivity index (χ4v) is 2.32. The summed E-state index contributed by atoms with van der Waals surface area (Å²) in [6.45, 7) is 5.35. The van der Waals surface area contributed by atoms with Gasteiger partial charge in [-0.2, -0.15) is 0 Å². The molecular formula is C17H24N2O2. The highest BCUT2D eigenvalue weighted by molar-refractivity contribution is 5.94. The lowest BCUT2D eigenvalue weighted by atomic mass is 10.1. The smallest absolute Gasteiger partial charge is 0.254 e. The van der Waals surface area contributed by atoms with Crippen molar-refractivity contribution in [2.75, 3.05) is 33.8 Å². The van der Waals surface area contributed by atoms with Gasteiger partial charge < -0.3 is 14.9 Å². The molecule has 0 aliphatic rings. The zero-order chi connectivity index (χ0) is 15.8. The summed E-state index contributed by atoms with van der Waals surface area (Å²) in [5.74, 6) is 5.44. The number of amides is 1. The van der Waals surface area contributed by atoms with E-state index in [9.17, 15) is 4.79 Å². The summed E-state index contributed by atoms with van der Waals surface area (Å²) < 4.78 is 0. The molecule has 1 aromatic rings. The van der Waals surface area contributed by atoms with Crippen molar-refractivity contribution in [3.05, 3.63) is 35.4 Å².